The number of hydrogen-bond acceptors (Lipinski definition) is 11. The molecular weight excluding hydrogens is 512 g/mol. The van der Waals surface area contributed by atoms with Gasteiger partial charge in [-0.25, -0.2) is 4.98 Å². The average molecular weight is 555 g/mol. The first-order valence-electron chi connectivity index (χ1n) is 12.6. The van der Waals surface area contributed by atoms with E-state index in [1.807, 2.05) is 27.7 Å². The zero-order valence-electron chi connectivity index (χ0n) is 23.7. The first-order valence-corrected chi connectivity index (χ1v) is 12.6. The van der Waals surface area contributed by atoms with Crippen molar-refractivity contribution < 1.29 is 29.3 Å². The standard InChI is InChI=1S/C11H15N5O3.C9H11NO4.2C2H6.CH4O/c1-18-4-6-2-3-7(19-6)16-5-13-8-9(16)14-11(12)15-10(8)17;1-7(14-6-11)8-4-2-3-5-9(8)10(12)13;3*1-2/h5-7H,2-4H2,1H3,(H3,12,14,15,17);2-5,7,11H,6H2,1H3;2*1-2H3;2H,1H3/t6-,7?;;;;/m0..../s1. The number of ether oxygens (including phenoxy) is 3. The number of nitro groups is 1. The molecule has 3 heterocycles. The van der Waals surface area contributed by atoms with E-state index < -0.39 is 17.8 Å². The Kier molecular flexibility index (Phi) is 17.9. The van der Waals surface area contributed by atoms with E-state index in [0.717, 1.165) is 20.0 Å². The number of nitrogens with one attached hydrogen (secondary N) is 1. The number of aliphatic hydroxyl groups is 2. The number of aromatic nitrogens is 4. The highest BCUT2D eigenvalue weighted by Crippen LogP contribution is 2.30. The van der Waals surface area contributed by atoms with Crippen molar-refractivity contribution in [2.75, 3.05) is 33.4 Å². The van der Waals surface area contributed by atoms with Crippen molar-refractivity contribution in [1.29, 1.82) is 0 Å². The number of nitrogen functional groups attached to an aromatic ring is 1. The number of hydrogen-bond donors (Lipinski definition) is 4. The van der Waals surface area contributed by atoms with E-state index in [2.05, 4.69) is 15.0 Å². The second kappa shape index (κ2) is 19.6. The Morgan fingerprint density at radius 1 is 1.26 bits per heavy atom. The molecule has 1 saturated heterocycles. The Labute approximate surface area is 227 Å². The molecule has 0 aliphatic carbocycles. The Balaban J connectivity index is 0.000000643. The lowest BCUT2D eigenvalue weighted by Gasteiger charge is -2.14. The Morgan fingerprint density at radius 3 is 2.49 bits per heavy atom. The number of aromatic amines is 1. The van der Waals surface area contributed by atoms with Gasteiger partial charge in [-0.15, -0.1) is 0 Å². The summed E-state index contributed by atoms with van der Waals surface area (Å²) in [5.41, 5.74) is 6.41. The van der Waals surface area contributed by atoms with Gasteiger partial charge in [-0.3, -0.25) is 24.5 Å². The average Bonchev–Trinajstić information content (AvgIpc) is 3.60. The van der Waals surface area contributed by atoms with E-state index in [4.69, 9.17) is 30.2 Å². The van der Waals surface area contributed by atoms with Gasteiger partial charge in [-0.1, -0.05) is 39.8 Å². The first kappa shape index (κ1) is 35.6. The fourth-order valence-electron chi connectivity index (χ4n) is 3.55. The third kappa shape index (κ3) is 10.3. The Bertz CT molecular complexity index is 1150. The molecule has 0 spiro atoms. The van der Waals surface area contributed by atoms with E-state index in [-0.39, 0.29) is 35.0 Å². The molecular formula is C25H42N6O8. The van der Waals surface area contributed by atoms with E-state index >= 15 is 0 Å². The van der Waals surface area contributed by atoms with Crippen LogP contribution in [0.2, 0.25) is 0 Å². The summed E-state index contributed by atoms with van der Waals surface area (Å²) in [5.74, 6) is 0.0747. The summed E-state index contributed by atoms with van der Waals surface area (Å²) in [4.78, 5) is 32.4. The van der Waals surface area contributed by atoms with Gasteiger partial charge < -0.3 is 30.2 Å². The number of H-pyrrole nitrogens is 1. The zero-order chi connectivity index (χ0) is 30.0. The number of rotatable bonds is 7. The lowest BCUT2D eigenvalue weighted by molar-refractivity contribution is -0.386. The van der Waals surface area contributed by atoms with Crippen molar-refractivity contribution in [2.24, 2.45) is 0 Å². The summed E-state index contributed by atoms with van der Waals surface area (Å²) in [5, 5.41) is 26.2. The van der Waals surface area contributed by atoms with Crippen LogP contribution in [0.1, 0.15) is 65.4 Å². The zero-order valence-corrected chi connectivity index (χ0v) is 23.7. The highest BCUT2D eigenvalue weighted by molar-refractivity contribution is 5.70. The van der Waals surface area contributed by atoms with E-state index in [0.29, 0.717) is 17.8 Å². The van der Waals surface area contributed by atoms with Crippen molar-refractivity contribution in [3.8, 4) is 0 Å². The molecule has 14 heteroatoms. The number of nitrogens with two attached hydrogens (primary N) is 1. The molecule has 39 heavy (non-hydrogen) atoms. The molecule has 0 bridgehead atoms. The maximum atomic E-state index is 11.7. The summed E-state index contributed by atoms with van der Waals surface area (Å²) in [7, 11) is 2.64. The third-order valence-corrected chi connectivity index (χ3v) is 5.09. The van der Waals surface area contributed by atoms with Gasteiger partial charge in [0.25, 0.3) is 11.2 Å². The molecule has 2 aromatic heterocycles. The van der Waals surface area contributed by atoms with Crippen molar-refractivity contribution in [1.82, 2.24) is 19.5 Å². The van der Waals surface area contributed by atoms with E-state index in [1.165, 1.54) is 6.07 Å². The number of benzene rings is 1. The lowest BCUT2D eigenvalue weighted by Crippen LogP contribution is -2.16. The van der Waals surface area contributed by atoms with Crippen molar-refractivity contribution in [2.45, 2.75) is 65.9 Å². The Morgan fingerprint density at radius 2 is 1.90 bits per heavy atom. The highest BCUT2D eigenvalue weighted by Gasteiger charge is 2.28. The summed E-state index contributed by atoms with van der Waals surface area (Å²) in [6.45, 7) is 9.76. The monoisotopic (exact) mass is 554 g/mol. The molecule has 4 rings (SSSR count). The minimum atomic E-state index is -0.485. The predicted octanol–water partition coefficient (Wildman–Crippen LogP) is 3.31. The van der Waals surface area contributed by atoms with Crippen LogP contribution in [0.25, 0.3) is 11.2 Å². The van der Waals surface area contributed by atoms with Crippen LogP contribution in [-0.4, -0.2) is 68.4 Å². The second-order valence-corrected chi connectivity index (χ2v) is 7.27. The second-order valence-electron chi connectivity index (χ2n) is 7.27. The van der Waals surface area contributed by atoms with Crippen molar-refractivity contribution in [3.63, 3.8) is 0 Å². The maximum absolute atomic E-state index is 11.7. The predicted molar refractivity (Wildman–Crippen MR) is 148 cm³/mol. The molecule has 5 N–H and O–H groups in total. The van der Waals surface area contributed by atoms with Crippen LogP contribution in [-0.2, 0) is 14.2 Å². The normalized spacial score (nSPS) is 16.2. The van der Waals surface area contributed by atoms with Gasteiger partial charge in [0.1, 0.15) is 13.0 Å². The van der Waals surface area contributed by atoms with Gasteiger partial charge in [0, 0.05) is 20.3 Å². The van der Waals surface area contributed by atoms with Gasteiger partial charge in [0.15, 0.2) is 11.2 Å². The molecule has 1 aliphatic heterocycles. The van der Waals surface area contributed by atoms with Gasteiger partial charge in [0.05, 0.1) is 35.6 Å². The van der Waals surface area contributed by atoms with Crippen LogP contribution in [0.4, 0.5) is 11.6 Å². The molecule has 0 saturated carbocycles. The van der Waals surface area contributed by atoms with Gasteiger partial charge in [-0.05, 0) is 25.8 Å². The third-order valence-electron chi connectivity index (χ3n) is 5.09. The van der Waals surface area contributed by atoms with Gasteiger partial charge >= 0.3 is 0 Å². The molecule has 2 unspecified atom stereocenters. The number of nitro benzene ring substituents is 1. The lowest BCUT2D eigenvalue weighted by atomic mass is 10.1. The van der Waals surface area contributed by atoms with Gasteiger partial charge in [-0.2, -0.15) is 4.98 Å². The van der Waals surface area contributed by atoms with E-state index in [9.17, 15) is 14.9 Å². The quantitative estimate of drug-likeness (QED) is 0.190. The molecule has 1 aromatic carbocycles. The van der Waals surface area contributed by atoms with E-state index in [1.54, 1.807) is 43.1 Å². The Hall–Kier alpha value is -3.43. The van der Waals surface area contributed by atoms with Crippen LogP contribution in [0, 0.1) is 10.1 Å². The summed E-state index contributed by atoms with van der Waals surface area (Å²) < 4.78 is 17.5. The molecule has 14 nitrogen and oxygen atoms in total. The molecule has 1 fully saturated rings. The topological polar surface area (TPSA) is 201 Å². The molecule has 3 atom stereocenters. The highest BCUT2D eigenvalue weighted by atomic mass is 16.6. The molecule has 0 radical (unpaired) electrons. The minimum absolute atomic E-state index is 0.00782. The van der Waals surface area contributed by atoms with Crippen LogP contribution >= 0.6 is 0 Å². The minimum Gasteiger partial charge on any atom is -0.400 e. The van der Waals surface area contributed by atoms with Crippen LogP contribution in [0.3, 0.4) is 0 Å². The fourth-order valence-corrected chi connectivity index (χ4v) is 3.55. The number of anilines is 1. The number of nitrogens with zero attached hydrogens (tertiary/aromatic N) is 4. The largest absolute Gasteiger partial charge is 0.400 e. The number of para-hydroxylation sites is 1. The summed E-state index contributed by atoms with van der Waals surface area (Å²) in [6.07, 6.45) is 2.68. The number of aliphatic hydroxyl groups excluding tert-OH is 2. The summed E-state index contributed by atoms with van der Waals surface area (Å²) in [6, 6.07) is 6.30. The number of imidazole rings is 1. The maximum Gasteiger partial charge on any atom is 0.280 e. The number of methoxy groups -OCH3 is 1. The first-order chi connectivity index (χ1) is 18.8. The molecule has 1 aliphatic rings. The molecule has 0 amide bonds. The van der Waals surface area contributed by atoms with Crippen LogP contribution < -0.4 is 11.3 Å². The smallest absolute Gasteiger partial charge is 0.280 e. The molecule has 220 valence electrons. The summed E-state index contributed by atoms with van der Waals surface area (Å²) >= 11 is 0. The number of fused-ring (bicyclic) bond motifs is 1. The SMILES string of the molecule is CC.CC.CC(OCO)c1ccccc1[N+](=O)[O-].CO.COC[C@@H]1CCC(n2cnc3c(=O)[nH]c(N)nc32)O1. The van der Waals surface area contributed by atoms with Crippen molar-refractivity contribution >= 4 is 22.8 Å². The van der Waals surface area contributed by atoms with Crippen LogP contribution in [0.15, 0.2) is 35.4 Å². The van der Waals surface area contributed by atoms with Gasteiger partial charge in [0.2, 0.25) is 5.95 Å². The van der Waals surface area contributed by atoms with Crippen molar-refractivity contribution in [3.05, 3.63) is 56.6 Å². The molecule has 3 aromatic rings. The van der Waals surface area contributed by atoms with Crippen LogP contribution in [0.5, 0.6) is 0 Å². The fraction of sp³-hybridized carbons (Fsp3) is 0.560.